The maximum Gasteiger partial charge on any atom is 0.189 e. The lowest BCUT2D eigenvalue weighted by atomic mass is 10.0. The standard InChI is InChI=1S/C34H34O6/c35-21-32(38-23-28-15-7-2-8-16-28)34(40-25-30-19-11-4-12-20-30)33(39-24-29-17-9-3-10-18-29)31(36)26-37-22-27-13-5-1-6-14-27/h1-21,32-34H,22-26H2. The predicted octanol–water partition coefficient (Wildman–Crippen LogP) is 5.73. The second kappa shape index (κ2) is 16.2. The van der Waals surface area contributed by atoms with Crippen LogP contribution in [0, 0.1) is 0 Å². The Balaban J connectivity index is 1.54. The van der Waals surface area contributed by atoms with Gasteiger partial charge in [0, 0.05) is 0 Å². The summed E-state index contributed by atoms with van der Waals surface area (Å²) in [6, 6.07) is 38.2. The fourth-order valence-electron chi connectivity index (χ4n) is 4.16. The highest BCUT2D eigenvalue weighted by atomic mass is 16.6. The first kappa shape index (κ1) is 29.1. The average molecular weight is 539 g/mol. The summed E-state index contributed by atoms with van der Waals surface area (Å²) in [5, 5.41) is 0. The van der Waals surface area contributed by atoms with E-state index in [1.54, 1.807) is 0 Å². The first-order valence-electron chi connectivity index (χ1n) is 13.3. The van der Waals surface area contributed by atoms with Gasteiger partial charge in [0.15, 0.2) is 12.1 Å². The van der Waals surface area contributed by atoms with Gasteiger partial charge < -0.3 is 23.7 Å². The minimum atomic E-state index is -1.11. The van der Waals surface area contributed by atoms with E-state index < -0.39 is 18.3 Å². The fourth-order valence-corrected chi connectivity index (χ4v) is 4.16. The van der Waals surface area contributed by atoms with Gasteiger partial charge in [-0.15, -0.1) is 0 Å². The summed E-state index contributed by atoms with van der Waals surface area (Å²) < 4.78 is 24.2. The molecule has 4 aromatic rings. The maximum absolute atomic E-state index is 13.6. The Bertz CT molecular complexity index is 1270. The molecular weight excluding hydrogens is 504 g/mol. The molecule has 0 amide bonds. The Morgan fingerprint density at radius 3 is 1.40 bits per heavy atom. The normalized spacial score (nSPS) is 13.3. The zero-order chi connectivity index (χ0) is 27.8. The number of ketones is 1. The summed E-state index contributed by atoms with van der Waals surface area (Å²) in [5.74, 6) is -0.333. The molecule has 4 rings (SSSR count). The number of rotatable bonds is 17. The number of ether oxygens (including phenoxy) is 4. The lowest BCUT2D eigenvalue weighted by Gasteiger charge is -2.30. The van der Waals surface area contributed by atoms with Crippen LogP contribution in [0.15, 0.2) is 121 Å². The molecule has 6 heteroatoms. The van der Waals surface area contributed by atoms with Gasteiger partial charge >= 0.3 is 0 Å². The van der Waals surface area contributed by atoms with Crippen molar-refractivity contribution in [3.8, 4) is 0 Å². The lowest BCUT2D eigenvalue weighted by molar-refractivity contribution is -0.171. The van der Waals surface area contributed by atoms with Gasteiger partial charge in [0.25, 0.3) is 0 Å². The molecule has 206 valence electrons. The SMILES string of the molecule is O=CC(OCc1ccccc1)C(OCc1ccccc1)C(OCc1ccccc1)C(=O)COCc1ccccc1. The zero-order valence-corrected chi connectivity index (χ0v) is 22.3. The number of aldehydes is 1. The van der Waals surface area contributed by atoms with Crippen LogP contribution in [0.4, 0.5) is 0 Å². The van der Waals surface area contributed by atoms with Crippen molar-refractivity contribution in [2.24, 2.45) is 0 Å². The monoisotopic (exact) mass is 538 g/mol. The molecule has 0 saturated heterocycles. The van der Waals surface area contributed by atoms with Crippen molar-refractivity contribution in [1.82, 2.24) is 0 Å². The van der Waals surface area contributed by atoms with E-state index in [0.29, 0.717) is 6.29 Å². The Kier molecular flexibility index (Phi) is 11.8. The molecule has 0 N–H and O–H groups in total. The lowest BCUT2D eigenvalue weighted by Crippen LogP contribution is -2.48. The van der Waals surface area contributed by atoms with Crippen LogP contribution in [0.2, 0.25) is 0 Å². The zero-order valence-electron chi connectivity index (χ0n) is 22.3. The van der Waals surface area contributed by atoms with Crippen LogP contribution in [0.5, 0.6) is 0 Å². The van der Waals surface area contributed by atoms with Crippen molar-refractivity contribution in [3.63, 3.8) is 0 Å². The van der Waals surface area contributed by atoms with Gasteiger partial charge in [0.05, 0.1) is 26.4 Å². The first-order valence-corrected chi connectivity index (χ1v) is 13.3. The van der Waals surface area contributed by atoms with Crippen LogP contribution in [0.3, 0.4) is 0 Å². The molecule has 0 aliphatic heterocycles. The van der Waals surface area contributed by atoms with E-state index in [0.717, 1.165) is 22.3 Å². The minimum Gasteiger partial charge on any atom is -0.369 e. The second-order valence-corrected chi connectivity index (χ2v) is 9.32. The molecule has 0 heterocycles. The van der Waals surface area contributed by atoms with Crippen LogP contribution in [-0.4, -0.2) is 37.0 Å². The highest BCUT2D eigenvalue weighted by Crippen LogP contribution is 2.19. The molecule has 3 atom stereocenters. The predicted molar refractivity (Wildman–Crippen MR) is 152 cm³/mol. The molecule has 0 aliphatic rings. The third-order valence-corrected chi connectivity index (χ3v) is 6.27. The largest absolute Gasteiger partial charge is 0.369 e. The molecule has 0 spiro atoms. The second-order valence-electron chi connectivity index (χ2n) is 9.32. The summed E-state index contributed by atoms with van der Waals surface area (Å²) >= 11 is 0. The van der Waals surface area contributed by atoms with E-state index in [2.05, 4.69) is 0 Å². The molecule has 0 saturated carbocycles. The summed E-state index contributed by atoms with van der Waals surface area (Å²) in [6.45, 7) is 0.581. The quantitative estimate of drug-likeness (QED) is 0.160. The van der Waals surface area contributed by atoms with Crippen molar-refractivity contribution in [1.29, 1.82) is 0 Å². The number of hydrogen-bond donors (Lipinski definition) is 0. The molecule has 40 heavy (non-hydrogen) atoms. The Hall–Kier alpha value is -3.94. The molecule has 0 bridgehead atoms. The number of carbonyl (C=O) groups is 2. The number of Topliss-reactive ketones (excluding diaryl/α,β-unsaturated/α-hetero) is 1. The van der Waals surface area contributed by atoms with Crippen LogP contribution >= 0.6 is 0 Å². The van der Waals surface area contributed by atoms with Gasteiger partial charge in [-0.3, -0.25) is 4.79 Å². The van der Waals surface area contributed by atoms with E-state index in [1.807, 2.05) is 121 Å². The van der Waals surface area contributed by atoms with Crippen molar-refractivity contribution in [3.05, 3.63) is 144 Å². The molecule has 0 radical (unpaired) electrons. The highest BCUT2D eigenvalue weighted by molar-refractivity contribution is 5.85. The molecule has 0 aromatic heterocycles. The topological polar surface area (TPSA) is 71.1 Å². The van der Waals surface area contributed by atoms with E-state index >= 15 is 0 Å². The van der Waals surface area contributed by atoms with E-state index in [9.17, 15) is 9.59 Å². The fraction of sp³-hybridized carbons (Fsp3) is 0.235. The van der Waals surface area contributed by atoms with Crippen LogP contribution in [0.1, 0.15) is 22.3 Å². The van der Waals surface area contributed by atoms with Gasteiger partial charge in [-0.1, -0.05) is 121 Å². The smallest absolute Gasteiger partial charge is 0.189 e. The summed E-state index contributed by atoms with van der Waals surface area (Å²) in [6.07, 6.45) is -2.48. The van der Waals surface area contributed by atoms with Crippen LogP contribution < -0.4 is 0 Å². The van der Waals surface area contributed by atoms with Gasteiger partial charge in [-0.25, -0.2) is 0 Å². The van der Waals surface area contributed by atoms with Gasteiger partial charge in [-0.2, -0.15) is 0 Å². The van der Waals surface area contributed by atoms with E-state index in [4.69, 9.17) is 18.9 Å². The van der Waals surface area contributed by atoms with E-state index in [1.165, 1.54) is 0 Å². The summed E-state index contributed by atoms with van der Waals surface area (Å²) in [7, 11) is 0. The summed E-state index contributed by atoms with van der Waals surface area (Å²) in [5.41, 5.74) is 3.64. The third-order valence-electron chi connectivity index (χ3n) is 6.27. The van der Waals surface area contributed by atoms with Crippen LogP contribution in [-0.2, 0) is 55.0 Å². The van der Waals surface area contributed by atoms with Crippen molar-refractivity contribution >= 4 is 12.1 Å². The first-order chi connectivity index (χ1) is 19.7. The highest BCUT2D eigenvalue weighted by Gasteiger charge is 2.37. The maximum atomic E-state index is 13.6. The van der Waals surface area contributed by atoms with Crippen molar-refractivity contribution < 1.29 is 28.5 Å². The number of hydrogen-bond acceptors (Lipinski definition) is 6. The van der Waals surface area contributed by atoms with E-state index in [-0.39, 0.29) is 38.8 Å². The molecule has 3 unspecified atom stereocenters. The molecule has 0 aliphatic carbocycles. The van der Waals surface area contributed by atoms with Gasteiger partial charge in [0.1, 0.15) is 24.9 Å². The minimum absolute atomic E-state index is 0.158. The van der Waals surface area contributed by atoms with Gasteiger partial charge in [0.2, 0.25) is 0 Å². The average Bonchev–Trinajstić information content (AvgIpc) is 3.01. The molecule has 0 fully saturated rings. The Morgan fingerprint density at radius 2 is 0.950 bits per heavy atom. The Morgan fingerprint density at radius 1 is 0.550 bits per heavy atom. The van der Waals surface area contributed by atoms with Crippen molar-refractivity contribution in [2.45, 2.75) is 44.7 Å². The van der Waals surface area contributed by atoms with Crippen LogP contribution in [0.25, 0.3) is 0 Å². The van der Waals surface area contributed by atoms with Gasteiger partial charge in [-0.05, 0) is 22.3 Å². The molecule has 4 aromatic carbocycles. The summed E-state index contributed by atoms with van der Waals surface area (Å²) in [4.78, 5) is 26.0. The molecule has 6 nitrogen and oxygen atoms in total. The number of benzene rings is 4. The number of carbonyl (C=O) groups excluding carboxylic acids is 2. The Labute approximate surface area is 235 Å². The third kappa shape index (κ3) is 9.36. The van der Waals surface area contributed by atoms with Crippen molar-refractivity contribution in [2.75, 3.05) is 6.61 Å². The molecular formula is C34H34O6.